The molecule has 5 nitrogen and oxygen atoms in total. The van der Waals surface area contributed by atoms with E-state index in [2.05, 4.69) is 0 Å². The second-order valence-corrected chi connectivity index (χ2v) is 4.93. The molecule has 1 N–H and O–H groups in total. The number of nitrogens with one attached hydrogen (secondary N) is 1. The summed E-state index contributed by atoms with van der Waals surface area (Å²) in [6.45, 7) is 1.87. The Balaban J connectivity index is 2.42. The summed E-state index contributed by atoms with van der Waals surface area (Å²) in [6.07, 6.45) is -2.35. The monoisotopic (exact) mass is 362 g/mol. The zero-order chi connectivity index (χ0) is 13.4. The molecular weight excluding hydrogens is 354 g/mol. The maximum Gasteiger partial charge on any atom is 0.335 e. The van der Waals surface area contributed by atoms with Crippen molar-refractivity contribution in [2.75, 3.05) is 4.90 Å². The van der Waals surface area contributed by atoms with Gasteiger partial charge in [-0.25, -0.2) is 14.1 Å². The molecule has 1 aliphatic heterocycles. The van der Waals surface area contributed by atoms with E-state index in [0.29, 0.717) is 4.90 Å². The van der Waals surface area contributed by atoms with Gasteiger partial charge >= 0.3 is 6.03 Å². The Kier molecular flexibility index (Phi) is 3.33. The molecule has 1 aliphatic rings. The number of benzene rings is 1. The number of urea groups is 1. The van der Waals surface area contributed by atoms with Gasteiger partial charge in [-0.1, -0.05) is 6.07 Å². The molecule has 1 atom stereocenters. The molecular formula is C11H8FIN2O3. The summed E-state index contributed by atoms with van der Waals surface area (Å²) in [4.78, 5) is 34.8. The Morgan fingerprint density at radius 3 is 2.61 bits per heavy atom. The Labute approximate surface area is 115 Å². The van der Waals surface area contributed by atoms with Crippen LogP contribution in [-0.2, 0) is 9.59 Å². The highest BCUT2D eigenvalue weighted by atomic mass is 127. The molecule has 1 saturated heterocycles. The molecule has 1 heterocycles. The number of rotatable bonds is 1. The number of carbonyl (C=O) groups excluding carboxylic acids is 3. The molecule has 0 spiro atoms. The first-order valence-electron chi connectivity index (χ1n) is 5.01. The van der Waals surface area contributed by atoms with Gasteiger partial charge in [-0.3, -0.25) is 14.9 Å². The highest BCUT2D eigenvalue weighted by Crippen LogP contribution is 2.23. The molecule has 1 aromatic carbocycles. The Morgan fingerprint density at radius 1 is 1.33 bits per heavy atom. The van der Waals surface area contributed by atoms with Gasteiger partial charge in [0.15, 0.2) is 0 Å². The Morgan fingerprint density at radius 2 is 2.00 bits per heavy atom. The van der Waals surface area contributed by atoms with Gasteiger partial charge in [-0.15, -0.1) is 0 Å². The van der Waals surface area contributed by atoms with Gasteiger partial charge in [0.1, 0.15) is 0 Å². The zero-order valence-electron chi connectivity index (χ0n) is 9.24. The van der Waals surface area contributed by atoms with Gasteiger partial charge in [-0.2, -0.15) is 0 Å². The number of alkyl halides is 1. The molecule has 18 heavy (non-hydrogen) atoms. The summed E-state index contributed by atoms with van der Waals surface area (Å²) in [5, 5.41) is 1.79. The minimum Gasteiger partial charge on any atom is -0.274 e. The highest BCUT2D eigenvalue weighted by Gasteiger charge is 2.41. The lowest BCUT2D eigenvalue weighted by Crippen LogP contribution is -2.59. The largest absolute Gasteiger partial charge is 0.335 e. The van der Waals surface area contributed by atoms with Crippen LogP contribution in [0.3, 0.4) is 0 Å². The Hall–Kier alpha value is -1.51. The standard InChI is InChI=1S/C11H8FIN2O3/c1-5-2-3-6(4-7(5)13)15-10(17)8(12)9(16)14-11(15)18/h2-4,8H,1H3,(H,14,16,18). The van der Waals surface area contributed by atoms with Crippen LogP contribution in [-0.4, -0.2) is 24.0 Å². The van der Waals surface area contributed by atoms with Crippen molar-refractivity contribution in [3.05, 3.63) is 27.3 Å². The van der Waals surface area contributed by atoms with Gasteiger partial charge in [0.2, 0.25) is 0 Å². The van der Waals surface area contributed by atoms with E-state index in [1.54, 1.807) is 17.4 Å². The highest BCUT2D eigenvalue weighted by molar-refractivity contribution is 14.1. The number of halogens is 2. The molecule has 1 unspecified atom stereocenters. The van der Waals surface area contributed by atoms with Crippen LogP contribution in [0, 0.1) is 10.5 Å². The van der Waals surface area contributed by atoms with E-state index >= 15 is 0 Å². The van der Waals surface area contributed by atoms with E-state index in [0.717, 1.165) is 9.13 Å². The molecule has 94 valence electrons. The lowest BCUT2D eigenvalue weighted by Gasteiger charge is -2.26. The minimum atomic E-state index is -2.35. The molecule has 0 aliphatic carbocycles. The molecule has 0 bridgehead atoms. The maximum atomic E-state index is 13.3. The molecule has 0 saturated carbocycles. The average molecular weight is 362 g/mol. The van der Waals surface area contributed by atoms with Crippen molar-refractivity contribution in [3.8, 4) is 0 Å². The van der Waals surface area contributed by atoms with Gasteiger partial charge in [0, 0.05) is 3.57 Å². The van der Waals surface area contributed by atoms with Crippen molar-refractivity contribution in [2.45, 2.75) is 13.1 Å². The fourth-order valence-electron chi connectivity index (χ4n) is 1.52. The third kappa shape index (κ3) is 2.09. The zero-order valence-corrected chi connectivity index (χ0v) is 11.4. The predicted molar refractivity (Wildman–Crippen MR) is 69.8 cm³/mol. The number of hydrogen-bond acceptors (Lipinski definition) is 3. The number of amides is 4. The Bertz CT molecular complexity index is 561. The molecule has 2 rings (SSSR count). The lowest BCUT2D eigenvalue weighted by molar-refractivity contribution is -0.135. The van der Waals surface area contributed by atoms with Gasteiger partial charge in [0.05, 0.1) is 5.69 Å². The minimum absolute atomic E-state index is 0.239. The molecule has 4 amide bonds. The van der Waals surface area contributed by atoms with Gasteiger partial charge < -0.3 is 0 Å². The summed E-state index contributed by atoms with van der Waals surface area (Å²) >= 11 is 2.04. The molecule has 0 radical (unpaired) electrons. The molecule has 7 heteroatoms. The number of aryl methyl sites for hydroxylation is 1. The quantitative estimate of drug-likeness (QED) is 0.609. The van der Waals surface area contributed by atoms with Crippen LogP contribution in [0.25, 0.3) is 0 Å². The van der Waals surface area contributed by atoms with Crippen LogP contribution in [0.15, 0.2) is 18.2 Å². The summed E-state index contributed by atoms with van der Waals surface area (Å²) in [7, 11) is 0. The van der Waals surface area contributed by atoms with Crippen LogP contribution in [0.5, 0.6) is 0 Å². The summed E-state index contributed by atoms with van der Waals surface area (Å²) in [6, 6.07) is 3.88. The molecule has 1 fully saturated rings. The van der Waals surface area contributed by atoms with Crippen LogP contribution in [0.2, 0.25) is 0 Å². The first kappa shape index (κ1) is 12.9. The summed E-state index contributed by atoms with van der Waals surface area (Å²) in [5.74, 6) is -2.38. The molecule has 1 aromatic rings. The number of hydrogen-bond donors (Lipinski definition) is 1. The number of nitrogens with zero attached hydrogens (tertiary/aromatic N) is 1. The van der Waals surface area contributed by atoms with Gasteiger partial charge in [0.25, 0.3) is 18.0 Å². The fourth-order valence-corrected chi connectivity index (χ4v) is 2.01. The van der Waals surface area contributed by atoms with E-state index in [-0.39, 0.29) is 5.69 Å². The smallest absolute Gasteiger partial charge is 0.274 e. The van der Waals surface area contributed by atoms with Crippen LogP contribution >= 0.6 is 22.6 Å². The van der Waals surface area contributed by atoms with Crippen molar-refractivity contribution in [3.63, 3.8) is 0 Å². The summed E-state index contributed by atoms with van der Waals surface area (Å²) < 4.78 is 14.1. The number of carbonyl (C=O) groups is 3. The van der Waals surface area contributed by atoms with E-state index in [4.69, 9.17) is 0 Å². The van der Waals surface area contributed by atoms with Crippen LogP contribution < -0.4 is 10.2 Å². The average Bonchev–Trinajstić information content (AvgIpc) is 2.31. The summed E-state index contributed by atoms with van der Waals surface area (Å²) in [5.41, 5.74) is 1.21. The number of barbiturate groups is 1. The van der Waals surface area contributed by atoms with Crippen molar-refractivity contribution in [2.24, 2.45) is 0 Å². The van der Waals surface area contributed by atoms with Crippen LogP contribution in [0.4, 0.5) is 14.9 Å². The van der Waals surface area contributed by atoms with Gasteiger partial charge in [-0.05, 0) is 47.2 Å². The van der Waals surface area contributed by atoms with E-state index < -0.39 is 24.0 Å². The normalized spacial score (nSPS) is 20.1. The topological polar surface area (TPSA) is 66.5 Å². The van der Waals surface area contributed by atoms with Crippen molar-refractivity contribution in [1.29, 1.82) is 0 Å². The van der Waals surface area contributed by atoms with Crippen LogP contribution in [0.1, 0.15) is 5.56 Å². The fraction of sp³-hybridized carbons (Fsp3) is 0.182. The van der Waals surface area contributed by atoms with E-state index in [1.165, 1.54) is 6.07 Å². The van der Waals surface area contributed by atoms with Crippen molar-refractivity contribution < 1.29 is 18.8 Å². The number of anilines is 1. The van der Waals surface area contributed by atoms with Crippen molar-refractivity contribution in [1.82, 2.24) is 5.32 Å². The third-order valence-electron chi connectivity index (χ3n) is 2.51. The maximum absolute atomic E-state index is 13.3. The second-order valence-electron chi connectivity index (χ2n) is 3.76. The SMILES string of the molecule is Cc1ccc(N2C(=O)NC(=O)C(F)C2=O)cc1I. The second kappa shape index (κ2) is 4.63. The first-order chi connectivity index (χ1) is 8.41. The molecule has 0 aromatic heterocycles. The predicted octanol–water partition coefficient (Wildman–Crippen LogP) is 1.52. The van der Waals surface area contributed by atoms with Crippen molar-refractivity contribution >= 4 is 46.1 Å². The first-order valence-corrected chi connectivity index (χ1v) is 6.08. The van der Waals surface area contributed by atoms with E-state index in [1.807, 2.05) is 29.5 Å². The third-order valence-corrected chi connectivity index (χ3v) is 3.68. The number of imide groups is 2. The lowest BCUT2D eigenvalue weighted by atomic mass is 10.2. The van der Waals surface area contributed by atoms with E-state index in [9.17, 15) is 18.8 Å².